The van der Waals surface area contributed by atoms with Crippen LogP contribution >= 0.6 is 39.0 Å². The third-order valence-electron chi connectivity index (χ3n) is 3.80. The zero-order chi connectivity index (χ0) is 17.4. The molecule has 0 amide bonds. The number of fused-ring (bicyclic) bond motifs is 3. The molecule has 25 heavy (non-hydrogen) atoms. The standard InChI is InChI=1S/C17H15BrN4OS2/c1-3-24-17-20-15-13(21-22-17)11-8-10(18)4-5-12(11)19-16(23-15)14-9(2)6-7-25-14/h4-8,16,19H,3H2,1-2H3. The number of benzene rings is 1. The zero-order valence-corrected chi connectivity index (χ0v) is 16.8. The summed E-state index contributed by atoms with van der Waals surface area (Å²) in [6.07, 6.45) is -0.308. The number of aromatic nitrogens is 3. The molecule has 1 N–H and O–H groups in total. The van der Waals surface area contributed by atoms with Gasteiger partial charge in [0.2, 0.25) is 17.3 Å². The topological polar surface area (TPSA) is 59.9 Å². The van der Waals surface area contributed by atoms with Crippen LogP contribution in [-0.4, -0.2) is 20.9 Å². The quantitative estimate of drug-likeness (QED) is 0.565. The molecule has 1 aliphatic heterocycles. The van der Waals surface area contributed by atoms with Crippen LogP contribution < -0.4 is 10.1 Å². The lowest BCUT2D eigenvalue weighted by Gasteiger charge is -2.18. The Kier molecular flexibility index (Phi) is 4.66. The Morgan fingerprint density at radius 1 is 1.32 bits per heavy atom. The maximum absolute atomic E-state index is 6.25. The van der Waals surface area contributed by atoms with E-state index in [1.54, 1.807) is 23.1 Å². The summed E-state index contributed by atoms with van der Waals surface area (Å²) in [5.41, 5.74) is 3.72. The molecule has 0 radical (unpaired) electrons. The van der Waals surface area contributed by atoms with Crippen molar-refractivity contribution in [1.82, 2.24) is 15.2 Å². The van der Waals surface area contributed by atoms with Crippen LogP contribution in [0.15, 0.2) is 39.3 Å². The van der Waals surface area contributed by atoms with Crippen LogP contribution in [0.5, 0.6) is 5.88 Å². The minimum Gasteiger partial charge on any atom is -0.447 e. The molecule has 0 spiro atoms. The molecule has 0 fully saturated rings. The van der Waals surface area contributed by atoms with E-state index in [4.69, 9.17) is 4.74 Å². The predicted octanol–water partition coefficient (Wildman–Crippen LogP) is 5.29. The van der Waals surface area contributed by atoms with Crippen LogP contribution in [0.3, 0.4) is 0 Å². The lowest BCUT2D eigenvalue weighted by atomic mass is 10.1. The van der Waals surface area contributed by atoms with Crippen LogP contribution in [0.2, 0.25) is 0 Å². The van der Waals surface area contributed by atoms with E-state index >= 15 is 0 Å². The maximum atomic E-state index is 6.25. The molecule has 1 atom stereocenters. The Hall–Kier alpha value is -1.64. The molecule has 4 rings (SSSR count). The Labute approximate surface area is 162 Å². The monoisotopic (exact) mass is 434 g/mol. The number of halogens is 1. The van der Waals surface area contributed by atoms with E-state index < -0.39 is 0 Å². The Balaban J connectivity index is 1.87. The third kappa shape index (κ3) is 3.26. The fourth-order valence-electron chi connectivity index (χ4n) is 2.63. The molecule has 5 nitrogen and oxygen atoms in total. The average molecular weight is 435 g/mol. The molecule has 1 unspecified atom stereocenters. The summed E-state index contributed by atoms with van der Waals surface area (Å²) in [5, 5.41) is 14.8. The Morgan fingerprint density at radius 2 is 2.20 bits per heavy atom. The second-order valence-electron chi connectivity index (χ2n) is 5.48. The highest BCUT2D eigenvalue weighted by Crippen LogP contribution is 2.42. The van der Waals surface area contributed by atoms with Gasteiger partial charge in [0.15, 0.2) is 5.69 Å². The van der Waals surface area contributed by atoms with Crippen LogP contribution in [0.4, 0.5) is 5.69 Å². The van der Waals surface area contributed by atoms with E-state index in [1.165, 1.54) is 5.56 Å². The summed E-state index contributed by atoms with van der Waals surface area (Å²) in [5.74, 6) is 1.39. The van der Waals surface area contributed by atoms with Crippen molar-refractivity contribution in [3.05, 3.63) is 44.6 Å². The average Bonchev–Trinajstić information content (AvgIpc) is 2.95. The SMILES string of the molecule is CCSc1nnc2c(n1)OC(c1sccc1C)Nc1ccc(Br)cc1-2. The number of thiophene rings is 1. The number of rotatable bonds is 3. The van der Waals surface area contributed by atoms with Crippen molar-refractivity contribution in [3.8, 4) is 17.1 Å². The normalized spacial score (nSPS) is 15.6. The Morgan fingerprint density at radius 3 is 2.96 bits per heavy atom. The fraction of sp³-hybridized carbons (Fsp3) is 0.235. The van der Waals surface area contributed by atoms with Crippen LogP contribution in [0.1, 0.15) is 23.6 Å². The highest BCUT2D eigenvalue weighted by molar-refractivity contribution is 9.10. The molecule has 1 aromatic carbocycles. The van der Waals surface area contributed by atoms with Crippen molar-refractivity contribution in [2.75, 3.05) is 11.1 Å². The van der Waals surface area contributed by atoms with E-state index in [1.807, 2.05) is 18.2 Å². The summed E-state index contributed by atoms with van der Waals surface area (Å²) >= 11 is 6.75. The summed E-state index contributed by atoms with van der Waals surface area (Å²) in [4.78, 5) is 5.73. The molecule has 8 heteroatoms. The van der Waals surface area contributed by atoms with E-state index in [-0.39, 0.29) is 6.23 Å². The van der Waals surface area contributed by atoms with Gasteiger partial charge in [-0.25, -0.2) is 0 Å². The molecule has 0 saturated heterocycles. The molecule has 0 saturated carbocycles. The van der Waals surface area contributed by atoms with E-state index in [2.05, 4.69) is 61.7 Å². The van der Waals surface area contributed by atoms with Gasteiger partial charge < -0.3 is 10.1 Å². The number of anilines is 1. The number of hydrogen-bond acceptors (Lipinski definition) is 7. The van der Waals surface area contributed by atoms with Crippen LogP contribution in [0, 0.1) is 6.92 Å². The first kappa shape index (κ1) is 16.8. The van der Waals surface area contributed by atoms with Crippen LogP contribution in [0.25, 0.3) is 11.3 Å². The van der Waals surface area contributed by atoms with Gasteiger partial charge in [-0.1, -0.05) is 34.6 Å². The maximum Gasteiger partial charge on any atom is 0.247 e. The van der Waals surface area contributed by atoms with Gasteiger partial charge in [0.1, 0.15) is 0 Å². The summed E-state index contributed by atoms with van der Waals surface area (Å²) < 4.78 is 7.22. The van der Waals surface area contributed by atoms with E-state index in [0.29, 0.717) is 16.7 Å². The van der Waals surface area contributed by atoms with Gasteiger partial charge in [-0.2, -0.15) is 4.98 Å². The number of thioether (sulfide) groups is 1. The van der Waals surface area contributed by atoms with Crippen molar-refractivity contribution in [2.45, 2.75) is 25.2 Å². The second-order valence-corrected chi connectivity index (χ2v) is 8.58. The largest absolute Gasteiger partial charge is 0.447 e. The molecule has 1 aliphatic rings. The molecule has 2 aromatic heterocycles. The molecule has 0 bridgehead atoms. The highest BCUT2D eigenvalue weighted by atomic mass is 79.9. The molecule has 3 aromatic rings. The fourth-order valence-corrected chi connectivity index (χ4v) is 4.40. The molecular weight excluding hydrogens is 420 g/mol. The third-order valence-corrected chi connectivity index (χ3v) is 6.08. The minimum absolute atomic E-state index is 0.308. The van der Waals surface area contributed by atoms with Crippen molar-refractivity contribution >= 4 is 44.7 Å². The van der Waals surface area contributed by atoms with Gasteiger partial charge in [-0.15, -0.1) is 21.5 Å². The van der Waals surface area contributed by atoms with Gasteiger partial charge in [-0.3, -0.25) is 0 Å². The van der Waals surface area contributed by atoms with Crippen molar-refractivity contribution in [1.29, 1.82) is 0 Å². The number of aryl methyl sites for hydroxylation is 1. The van der Waals surface area contributed by atoms with Crippen LogP contribution in [-0.2, 0) is 0 Å². The molecule has 3 heterocycles. The smallest absolute Gasteiger partial charge is 0.247 e. The van der Waals surface area contributed by atoms with E-state index in [0.717, 1.165) is 26.4 Å². The highest BCUT2D eigenvalue weighted by Gasteiger charge is 2.27. The van der Waals surface area contributed by atoms with Gasteiger partial charge in [0.25, 0.3) is 0 Å². The summed E-state index contributed by atoms with van der Waals surface area (Å²) in [7, 11) is 0. The number of hydrogen-bond donors (Lipinski definition) is 1. The molecular formula is C17H15BrN4OS2. The second kappa shape index (κ2) is 6.93. The van der Waals surface area contributed by atoms with Crippen molar-refractivity contribution in [3.63, 3.8) is 0 Å². The van der Waals surface area contributed by atoms with Crippen molar-refractivity contribution in [2.24, 2.45) is 0 Å². The van der Waals surface area contributed by atoms with E-state index in [9.17, 15) is 0 Å². The lowest BCUT2D eigenvalue weighted by molar-refractivity contribution is 0.228. The molecule has 128 valence electrons. The first-order chi connectivity index (χ1) is 12.2. The van der Waals surface area contributed by atoms with Crippen molar-refractivity contribution < 1.29 is 4.74 Å². The van der Waals surface area contributed by atoms with Gasteiger partial charge >= 0.3 is 0 Å². The van der Waals surface area contributed by atoms with Gasteiger partial charge in [0.05, 0.1) is 4.88 Å². The molecule has 0 aliphatic carbocycles. The first-order valence-electron chi connectivity index (χ1n) is 7.80. The minimum atomic E-state index is -0.308. The predicted molar refractivity (Wildman–Crippen MR) is 105 cm³/mol. The summed E-state index contributed by atoms with van der Waals surface area (Å²) in [6, 6.07) is 8.12. The van der Waals surface area contributed by atoms with Gasteiger partial charge in [0, 0.05) is 15.7 Å². The summed E-state index contributed by atoms with van der Waals surface area (Å²) in [6.45, 7) is 4.15. The number of nitrogens with one attached hydrogen (secondary N) is 1. The Bertz CT molecular complexity index is 931. The van der Waals surface area contributed by atoms with Gasteiger partial charge in [-0.05, 0) is 47.9 Å². The first-order valence-corrected chi connectivity index (χ1v) is 10.5. The number of ether oxygens (including phenoxy) is 1. The number of nitrogens with zero attached hydrogens (tertiary/aromatic N) is 3. The zero-order valence-electron chi connectivity index (χ0n) is 13.6. The lowest BCUT2D eigenvalue weighted by Crippen LogP contribution is -2.16.